The number of amides is 1. The van der Waals surface area contributed by atoms with Crippen molar-refractivity contribution in [1.82, 2.24) is 30.9 Å². The fourth-order valence-electron chi connectivity index (χ4n) is 3.94. The molecule has 0 radical (unpaired) electrons. The number of hydrogen-bond donors (Lipinski definition) is 2. The molecule has 9 heteroatoms. The monoisotopic (exact) mass is 447 g/mol. The van der Waals surface area contributed by atoms with Gasteiger partial charge in [-0.15, -0.1) is 10.2 Å². The Hall–Kier alpha value is -3.75. The van der Waals surface area contributed by atoms with Crippen LogP contribution in [0.3, 0.4) is 0 Å². The number of anilines is 1. The van der Waals surface area contributed by atoms with Crippen LogP contribution in [0.4, 0.5) is 5.82 Å². The third kappa shape index (κ3) is 4.72. The van der Waals surface area contributed by atoms with Crippen molar-refractivity contribution in [3.63, 3.8) is 0 Å². The Morgan fingerprint density at radius 3 is 2.55 bits per heavy atom. The van der Waals surface area contributed by atoms with Gasteiger partial charge in [-0.3, -0.25) is 4.79 Å². The van der Waals surface area contributed by atoms with E-state index in [2.05, 4.69) is 37.8 Å². The van der Waals surface area contributed by atoms with Gasteiger partial charge in [0, 0.05) is 26.7 Å². The first-order valence-electron chi connectivity index (χ1n) is 11.1. The summed E-state index contributed by atoms with van der Waals surface area (Å²) in [5, 5.41) is 17.4. The lowest BCUT2D eigenvalue weighted by molar-refractivity contribution is -0.117. The second-order valence-electron chi connectivity index (χ2n) is 8.58. The number of carbonyl (C=O) groups excluding carboxylic acids is 1. The van der Waals surface area contributed by atoms with Crippen molar-refractivity contribution in [3.05, 3.63) is 59.5 Å². The highest BCUT2D eigenvalue weighted by atomic mass is 16.5. The van der Waals surface area contributed by atoms with Crippen LogP contribution in [0.25, 0.3) is 11.1 Å². The van der Waals surface area contributed by atoms with E-state index in [1.165, 1.54) is 0 Å². The van der Waals surface area contributed by atoms with Gasteiger partial charge < -0.3 is 15.0 Å². The maximum atomic E-state index is 13.3. The molecule has 1 aromatic carbocycles. The fourth-order valence-corrected chi connectivity index (χ4v) is 3.94. The van der Waals surface area contributed by atoms with Crippen LogP contribution in [-0.4, -0.2) is 52.2 Å². The Balaban J connectivity index is 1.70. The zero-order chi connectivity index (χ0) is 23.4. The normalized spacial score (nSPS) is 18.2. The molecule has 1 aliphatic heterocycles. The average Bonchev–Trinajstić information content (AvgIpc) is 3.33. The smallest absolute Gasteiger partial charge is 0.256 e. The number of nitrogens with one attached hydrogen (secondary N) is 2. The summed E-state index contributed by atoms with van der Waals surface area (Å²) < 4.78 is 5.79. The fraction of sp³-hybridized carbons (Fsp3) is 0.375. The largest absolute Gasteiger partial charge is 0.494 e. The van der Waals surface area contributed by atoms with Crippen molar-refractivity contribution >= 4 is 22.9 Å². The van der Waals surface area contributed by atoms with Gasteiger partial charge in [0.2, 0.25) is 5.82 Å². The minimum atomic E-state index is -0.623. The summed E-state index contributed by atoms with van der Waals surface area (Å²) in [4.78, 5) is 19.8. The Labute approximate surface area is 193 Å². The second kappa shape index (κ2) is 9.40. The molecule has 1 atom stereocenters. The van der Waals surface area contributed by atoms with Gasteiger partial charge in [0.25, 0.3) is 5.91 Å². The number of aromatic amines is 1. The van der Waals surface area contributed by atoms with Crippen LogP contribution >= 0.6 is 0 Å². The molecule has 0 fully saturated rings. The van der Waals surface area contributed by atoms with Crippen molar-refractivity contribution in [2.24, 2.45) is 0 Å². The van der Waals surface area contributed by atoms with Gasteiger partial charge >= 0.3 is 0 Å². The van der Waals surface area contributed by atoms with Crippen molar-refractivity contribution < 1.29 is 9.53 Å². The molecule has 0 unspecified atom stereocenters. The minimum Gasteiger partial charge on any atom is -0.494 e. The highest BCUT2D eigenvalue weighted by Crippen LogP contribution is 2.41. The SMILES string of the molecule is CCCCOc1ccc([C@]2(C)CC(c3ccc(N(C)C)nc3)=C(c3nn[nH]n3)C(=O)N2)cc1. The summed E-state index contributed by atoms with van der Waals surface area (Å²) in [6, 6.07) is 11.8. The molecule has 1 aliphatic rings. The highest BCUT2D eigenvalue weighted by Gasteiger charge is 2.39. The number of aromatic nitrogens is 5. The lowest BCUT2D eigenvalue weighted by Crippen LogP contribution is -2.47. The van der Waals surface area contributed by atoms with Gasteiger partial charge in [-0.2, -0.15) is 5.21 Å². The Morgan fingerprint density at radius 1 is 1.15 bits per heavy atom. The Bertz CT molecular complexity index is 1120. The van der Waals surface area contributed by atoms with Gasteiger partial charge in [-0.1, -0.05) is 25.5 Å². The standard InChI is InChI=1S/C24H29N7O2/c1-5-6-13-33-18-10-8-17(9-11-18)24(2)14-19(16-7-12-20(25-15-16)31(3)4)21(23(32)26-24)22-27-29-30-28-22/h7-12,15H,5-6,13-14H2,1-4H3,(H,26,32)(H,27,28,29,30)/t24-/m0/s1. The van der Waals surface area contributed by atoms with Crippen molar-refractivity contribution in [1.29, 1.82) is 0 Å². The summed E-state index contributed by atoms with van der Waals surface area (Å²) in [5.74, 6) is 1.67. The van der Waals surface area contributed by atoms with E-state index in [4.69, 9.17) is 4.74 Å². The lowest BCUT2D eigenvalue weighted by Gasteiger charge is -2.37. The van der Waals surface area contributed by atoms with Crippen LogP contribution in [0.5, 0.6) is 5.75 Å². The zero-order valence-electron chi connectivity index (χ0n) is 19.4. The van der Waals surface area contributed by atoms with Gasteiger partial charge in [0.05, 0.1) is 17.7 Å². The third-order valence-corrected chi connectivity index (χ3v) is 5.83. The van der Waals surface area contributed by atoms with Crippen molar-refractivity contribution in [3.8, 4) is 5.75 Å². The molecule has 3 aromatic rings. The molecule has 3 heterocycles. The number of unbranched alkanes of at least 4 members (excludes halogenated alkanes) is 1. The number of pyridine rings is 1. The summed E-state index contributed by atoms with van der Waals surface area (Å²) in [6.45, 7) is 4.85. The first-order chi connectivity index (χ1) is 15.9. The topological polar surface area (TPSA) is 109 Å². The first-order valence-corrected chi connectivity index (χ1v) is 11.1. The first kappa shape index (κ1) is 22.4. The number of carbonyl (C=O) groups is 1. The molecule has 0 aliphatic carbocycles. The van der Waals surface area contributed by atoms with E-state index in [0.717, 1.165) is 41.1 Å². The Kier molecular flexibility index (Phi) is 6.39. The predicted molar refractivity (Wildman–Crippen MR) is 127 cm³/mol. The van der Waals surface area contributed by atoms with Crippen LogP contribution in [-0.2, 0) is 10.3 Å². The quantitative estimate of drug-likeness (QED) is 0.511. The molecule has 0 bridgehead atoms. The number of rotatable bonds is 8. The molecule has 4 rings (SSSR count). The second-order valence-corrected chi connectivity index (χ2v) is 8.58. The molecule has 1 amide bonds. The molecule has 0 saturated heterocycles. The molecule has 0 spiro atoms. The molecule has 33 heavy (non-hydrogen) atoms. The molecule has 2 aromatic heterocycles. The predicted octanol–water partition coefficient (Wildman–Crippen LogP) is 3.19. The van der Waals surface area contributed by atoms with E-state index in [1.807, 2.05) is 62.3 Å². The zero-order valence-corrected chi connectivity index (χ0v) is 19.4. The number of tetrazole rings is 1. The maximum absolute atomic E-state index is 13.3. The summed E-state index contributed by atoms with van der Waals surface area (Å²) >= 11 is 0. The van der Waals surface area contributed by atoms with Crippen molar-refractivity contribution in [2.75, 3.05) is 25.6 Å². The molecule has 2 N–H and O–H groups in total. The van der Waals surface area contributed by atoms with Gasteiger partial charge in [-0.25, -0.2) is 4.98 Å². The third-order valence-electron chi connectivity index (χ3n) is 5.83. The number of nitrogens with zero attached hydrogens (tertiary/aromatic N) is 5. The van der Waals surface area contributed by atoms with Crippen LogP contribution in [0.15, 0.2) is 42.6 Å². The number of hydrogen-bond acceptors (Lipinski definition) is 7. The van der Waals surface area contributed by atoms with Crippen molar-refractivity contribution in [2.45, 2.75) is 38.6 Å². The number of benzene rings is 1. The van der Waals surface area contributed by atoms with Crippen LogP contribution in [0.1, 0.15) is 50.1 Å². The van der Waals surface area contributed by atoms with E-state index in [-0.39, 0.29) is 11.7 Å². The van der Waals surface area contributed by atoms with E-state index in [9.17, 15) is 4.79 Å². The molecule has 9 nitrogen and oxygen atoms in total. The molecule has 0 saturated carbocycles. The van der Waals surface area contributed by atoms with Crippen LogP contribution in [0.2, 0.25) is 0 Å². The highest BCUT2D eigenvalue weighted by molar-refractivity contribution is 6.27. The van der Waals surface area contributed by atoms with Crippen LogP contribution < -0.4 is 15.0 Å². The van der Waals surface area contributed by atoms with Gasteiger partial charge in [0.1, 0.15) is 11.6 Å². The van der Waals surface area contributed by atoms with E-state index in [1.54, 1.807) is 6.20 Å². The summed E-state index contributed by atoms with van der Waals surface area (Å²) in [7, 11) is 3.87. The molecular weight excluding hydrogens is 418 g/mol. The summed E-state index contributed by atoms with van der Waals surface area (Å²) in [5.41, 5.74) is 2.44. The Morgan fingerprint density at radius 2 is 1.94 bits per heavy atom. The lowest BCUT2D eigenvalue weighted by atomic mass is 9.78. The maximum Gasteiger partial charge on any atom is 0.256 e. The molecular formula is C24H29N7O2. The molecule has 172 valence electrons. The minimum absolute atomic E-state index is 0.250. The van der Waals surface area contributed by atoms with Gasteiger partial charge in [0.15, 0.2) is 0 Å². The van der Waals surface area contributed by atoms with Crippen LogP contribution in [0, 0.1) is 0 Å². The summed E-state index contributed by atoms with van der Waals surface area (Å²) in [6.07, 6.45) is 4.43. The van der Waals surface area contributed by atoms with E-state index in [0.29, 0.717) is 18.6 Å². The van der Waals surface area contributed by atoms with Gasteiger partial charge in [-0.05, 0) is 59.5 Å². The van der Waals surface area contributed by atoms with E-state index < -0.39 is 5.54 Å². The van der Waals surface area contributed by atoms with E-state index >= 15 is 0 Å². The number of ether oxygens (including phenoxy) is 1. The average molecular weight is 448 g/mol. The number of H-pyrrole nitrogens is 1.